The summed E-state index contributed by atoms with van der Waals surface area (Å²) in [6.07, 6.45) is 1.48. The van der Waals surface area contributed by atoms with Crippen LogP contribution in [-0.4, -0.2) is 59.2 Å². The van der Waals surface area contributed by atoms with Gasteiger partial charge >= 0.3 is 5.63 Å². The number of nitriles is 1. The molecular weight excluding hydrogens is 542 g/mol. The second-order valence-corrected chi connectivity index (χ2v) is 8.92. The predicted molar refractivity (Wildman–Crippen MR) is 143 cm³/mol. The molecule has 0 radical (unpaired) electrons. The highest BCUT2D eigenvalue weighted by molar-refractivity contribution is 7.17. The number of amides is 2. The van der Waals surface area contributed by atoms with Gasteiger partial charge in [0, 0.05) is 31.2 Å². The maximum absolute atomic E-state index is 13.2. The molecule has 14 nitrogen and oxygen atoms in total. The normalized spacial score (nSPS) is 10.6. The van der Waals surface area contributed by atoms with Gasteiger partial charge in [0.2, 0.25) is 21.9 Å². The molecule has 4 aromatic rings. The van der Waals surface area contributed by atoms with Gasteiger partial charge < -0.3 is 23.9 Å². The third-order valence-corrected chi connectivity index (χ3v) is 6.11. The zero-order valence-corrected chi connectivity index (χ0v) is 22.4. The van der Waals surface area contributed by atoms with Crippen LogP contribution in [-0.2, 0) is 16.0 Å². The van der Waals surface area contributed by atoms with Crippen molar-refractivity contribution in [2.45, 2.75) is 13.3 Å². The van der Waals surface area contributed by atoms with Gasteiger partial charge in [0.1, 0.15) is 18.2 Å². The van der Waals surface area contributed by atoms with Crippen LogP contribution in [0.15, 0.2) is 45.7 Å². The third-order valence-electron chi connectivity index (χ3n) is 5.30. The number of hydrogen-bond donors (Lipinski definition) is 2. The van der Waals surface area contributed by atoms with Crippen molar-refractivity contribution in [1.82, 2.24) is 20.0 Å². The van der Waals surface area contributed by atoms with E-state index in [1.54, 1.807) is 24.3 Å². The maximum Gasteiger partial charge on any atom is 0.379 e. The number of nitrogens with zero attached hydrogens (tertiary/aromatic N) is 5. The molecule has 0 saturated carbocycles. The lowest BCUT2D eigenvalue weighted by atomic mass is 9.96. The molecular formula is C25H23N7O7S. The number of benzene rings is 1. The molecule has 3 aromatic heterocycles. The smallest absolute Gasteiger partial charge is 0.379 e. The van der Waals surface area contributed by atoms with Crippen LogP contribution in [0.2, 0.25) is 0 Å². The summed E-state index contributed by atoms with van der Waals surface area (Å²) in [6.45, 7) is 1.58. The van der Waals surface area contributed by atoms with Crippen LogP contribution in [0.5, 0.6) is 11.5 Å². The monoisotopic (exact) mass is 565 g/mol. The Labute approximate surface area is 231 Å². The van der Waals surface area contributed by atoms with Crippen LogP contribution in [0.3, 0.4) is 0 Å². The first-order valence-electron chi connectivity index (χ1n) is 11.7. The number of nitrogens with one attached hydrogen (secondary N) is 2. The van der Waals surface area contributed by atoms with Crippen LogP contribution in [0.1, 0.15) is 23.0 Å². The summed E-state index contributed by atoms with van der Waals surface area (Å²) in [5, 5.41) is 26.9. The number of rotatable bonds is 11. The first kappa shape index (κ1) is 28.0. The van der Waals surface area contributed by atoms with Crippen LogP contribution < -0.4 is 25.7 Å². The Bertz CT molecular complexity index is 1640. The Hall–Kier alpha value is -5.07. The van der Waals surface area contributed by atoms with E-state index in [0.29, 0.717) is 22.7 Å². The van der Waals surface area contributed by atoms with Gasteiger partial charge in [-0.3, -0.25) is 14.9 Å². The highest BCUT2D eigenvalue weighted by Gasteiger charge is 2.24. The molecule has 206 valence electrons. The third kappa shape index (κ3) is 6.14. The lowest BCUT2D eigenvalue weighted by Crippen LogP contribution is -2.18. The second-order valence-electron chi connectivity index (χ2n) is 7.96. The molecule has 4 rings (SSSR count). The SMILES string of the molecule is COCCOc1c(-c2c(CC#N)cccc2OC)cc(C(=O)Nc2nnc(-n3nccc3NC(C)=O)s2)oc1=O. The van der Waals surface area contributed by atoms with Crippen molar-refractivity contribution >= 4 is 34.1 Å². The fraction of sp³-hybridized carbons (Fsp3) is 0.240. The van der Waals surface area contributed by atoms with Crippen molar-refractivity contribution in [1.29, 1.82) is 5.26 Å². The molecule has 0 fully saturated rings. The van der Waals surface area contributed by atoms with E-state index in [-0.39, 0.29) is 52.9 Å². The average Bonchev–Trinajstić information content (AvgIpc) is 3.58. The van der Waals surface area contributed by atoms with Crippen molar-refractivity contribution in [3.05, 3.63) is 58.3 Å². The summed E-state index contributed by atoms with van der Waals surface area (Å²) in [4.78, 5) is 37.7. The summed E-state index contributed by atoms with van der Waals surface area (Å²) < 4.78 is 22.8. The maximum atomic E-state index is 13.2. The van der Waals surface area contributed by atoms with Gasteiger partial charge in [-0.2, -0.15) is 15.0 Å². The minimum absolute atomic E-state index is 0.00721. The van der Waals surface area contributed by atoms with Crippen LogP contribution in [0.4, 0.5) is 10.9 Å². The largest absolute Gasteiger partial charge is 0.496 e. The van der Waals surface area contributed by atoms with Crippen molar-refractivity contribution in [2.75, 3.05) is 38.1 Å². The minimum Gasteiger partial charge on any atom is -0.496 e. The summed E-state index contributed by atoms with van der Waals surface area (Å²) in [6, 6.07) is 10.1. The van der Waals surface area contributed by atoms with E-state index in [1.165, 1.54) is 38.1 Å². The highest BCUT2D eigenvalue weighted by Crippen LogP contribution is 2.38. The van der Waals surface area contributed by atoms with E-state index in [0.717, 1.165) is 11.3 Å². The number of carbonyl (C=O) groups is 2. The molecule has 0 bridgehead atoms. The zero-order valence-electron chi connectivity index (χ0n) is 21.6. The van der Waals surface area contributed by atoms with Gasteiger partial charge in [-0.15, -0.1) is 10.2 Å². The molecule has 40 heavy (non-hydrogen) atoms. The fourth-order valence-corrected chi connectivity index (χ4v) is 4.38. The lowest BCUT2D eigenvalue weighted by molar-refractivity contribution is -0.114. The molecule has 1 aromatic carbocycles. The van der Waals surface area contributed by atoms with Gasteiger partial charge in [-0.25, -0.2) is 4.79 Å². The topological polar surface area (TPSA) is 183 Å². The molecule has 2 N–H and O–H groups in total. The molecule has 3 heterocycles. The van der Waals surface area contributed by atoms with Gasteiger partial charge in [0.15, 0.2) is 5.76 Å². The van der Waals surface area contributed by atoms with Crippen LogP contribution in [0.25, 0.3) is 16.3 Å². The van der Waals surface area contributed by atoms with Gasteiger partial charge in [0.05, 0.1) is 32.4 Å². The Balaban J connectivity index is 1.71. The average molecular weight is 566 g/mol. The molecule has 0 unspecified atom stereocenters. The van der Waals surface area contributed by atoms with Gasteiger partial charge in [0.25, 0.3) is 5.91 Å². The predicted octanol–water partition coefficient (Wildman–Crippen LogP) is 2.65. The molecule has 0 aliphatic carbocycles. The summed E-state index contributed by atoms with van der Waals surface area (Å²) >= 11 is 0.972. The standard InChI is InChI=1S/C25H23N7O7S/c1-14(33)28-19-8-10-27-32(19)25-31-30-24(40-25)29-22(34)18-13-16(21(23(35)39-18)38-12-11-36-2)20-15(7-9-26)5-4-6-17(20)37-3/h4-6,8,10,13H,7,11-12H2,1-3H3,(H,28,33)(H,29,30,34). The number of aromatic nitrogens is 4. The number of methoxy groups -OCH3 is 2. The first-order chi connectivity index (χ1) is 19.4. The molecule has 0 aliphatic heterocycles. The van der Waals surface area contributed by atoms with E-state index in [1.807, 2.05) is 0 Å². The Morgan fingerprint density at radius 1 is 1.18 bits per heavy atom. The highest BCUT2D eigenvalue weighted by atomic mass is 32.1. The van der Waals surface area contributed by atoms with Crippen molar-refractivity contribution < 1.29 is 28.2 Å². The summed E-state index contributed by atoms with van der Waals surface area (Å²) in [5.41, 5.74) is 0.248. The van der Waals surface area contributed by atoms with E-state index in [4.69, 9.17) is 18.6 Å². The molecule has 0 atom stereocenters. The number of anilines is 2. The van der Waals surface area contributed by atoms with Crippen molar-refractivity contribution in [3.63, 3.8) is 0 Å². The summed E-state index contributed by atoms with van der Waals surface area (Å²) in [5.74, 6) is -0.866. The first-order valence-corrected chi connectivity index (χ1v) is 12.5. The minimum atomic E-state index is -0.915. The Morgan fingerprint density at radius 3 is 2.73 bits per heavy atom. The molecule has 2 amide bonds. The molecule has 15 heteroatoms. The van der Waals surface area contributed by atoms with Crippen molar-refractivity contribution in [3.8, 4) is 33.8 Å². The quantitative estimate of drug-likeness (QED) is 0.255. The lowest BCUT2D eigenvalue weighted by Gasteiger charge is -2.16. The molecule has 0 spiro atoms. The van der Waals surface area contributed by atoms with Gasteiger partial charge in [-0.1, -0.05) is 23.5 Å². The zero-order chi connectivity index (χ0) is 28.6. The fourth-order valence-electron chi connectivity index (χ4n) is 3.67. The number of ether oxygens (including phenoxy) is 3. The van der Waals surface area contributed by atoms with E-state index in [2.05, 4.69) is 32.0 Å². The molecule has 0 saturated heterocycles. The van der Waals surface area contributed by atoms with E-state index < -0.39 is 11.5 Å². The van der Waals surface area contributed by atoms with E-state index in [9.17, 15) is 19.6 Å². The van der Waals surface area contributed by atoms with E-state index >= 15 is 0 Å². The van der Waals surface area contributed by atoms with Gasteiger partial charge in [-0.05, 0) is 17.7 Å². The summed E-state index contributed by atoms with van der Waals surface area (Å²) in [7, 11) is 2.93. The van der Waals surface area contributed by atoms with Crippen LogP contribution >= 0.6 is 11.3 Å². The number of carbonyl (C=O) groups excluding carboxylic acids is 2. The Kier molecular flexibility index (Phi) is 8.84. The second kappa shape index (κ2) is 12.7. The van der Waals surface area contributed by atoms with Crippen LogP contribution in [0, 0.1) is 11.3 Å². The molecule has 0 aliphatic rings. The Morgan fingerprint density at radius 2 is 2.00 bits per heavy atom. The van der Waals surface area contributed by atoms with Crippen molar-refractivity contribution in [2.24, 2.45) is 0 Å². The number of hydrogen-bond acceptors (Lipinski definition) is 12.